The van der Waals surface area contributed by atoms with Crippen LogP contribution in [0.3, 0.4) is 0 Å². The van der Waals surface area contributed by atoms with Crippen LogP contribution in [0.1, 0.15) is 28.8 Å². The molecule has 1 aromatic heterocycles. The smallest absolute Gasteiger partial charge is 0.163 e. The highest BCUT2D eigenvalue weighted by atomic mass is 16.1. The molecule has 2 aromatic carbocycles. The monoisotopic (exact) mass is 273 g/mol. The fourth-order valence-electron chi connectivity index (χ4n) is 3.04. The van der Waals surface area contributed by atoms with Crippen molar-refractivity contribution in [2.75, 3.05) is 0 Å². The number of benzene rings is 2. The minimum atomic E-state index is 0.270. The first kappa shape index (κ1) is 12.3. The number of hydrogen-bond acceptors (Lipinski definition) is 2. The van der Waals surface area contributed by atoms with E-state index in [-0.39, 0.29) is 5.78 Å². The number of para-hydroxylation sites is 1. The van der Waals surface area contributed by atoms with Crippen LogP contribution in [-0.2, 0) is 6.42 Å². The highest BCUT2D eigenvalue weighted by Crippen LogP contribution is 2.28. The minimum absolute atomic E-state index is 0.270. The molecule has 0 saturated carbocycles. The van der Waals surface area contributed by atoms with Gasteiger partial charge in [-0.3, -0.25) is 9.78 Å². The zero-order valence-corrected chi connectivity index (χ0v) is 11.7. The molecule has 0 radical (unpaired) electrons. The molecule has 21 heavy (non-hydrogen) atoms. The van der Waals surface area contributed by atoms with Crippen molar-refractivity contribution in [3.63, 3.8) is 0 Å². The topological polar surface area (TPSA) is 30.0 Å². The highest BCUT2D eigenvalue weighted by molar-refractivity contribution is 5.99. The first-order chi connectivity index (χ1) is 10.3. The van der Waals surface area contributed by atoms with E-state index in [1.807, 2.05) is 30.5 Å². The van der Waals surface area contributed by atoms with Crippen LogP contribution < -0.4 is 0 Å². The number of hydrogen-bond donors (Lipinski definition) is 0. The molecule has 1 aliphatic rings. The molecule has 0 bridgehead atoms. The number of rotatable bonds is 1. The van der Waals surface area contributed by atoms with E-state index in [1.165, 1.54) is 5.56 Å². The van der Waals surface area contributed by atoms with E-state index in [2.05, 4.69) is 29.2 Å². The molecule has 0 N–H and O–H groups in total. The van der Waals surface area contributed by atoms with Gasteiger partial charge in [0, 0.05) is 29.1 Å². The van der Waals surface area contributed by atoms with E-state index >= 15 is 0 Å². The van der Waals surface area contributed by atoms with Gasteiger partial charge in [-0.05, 0) is 42.2 Å². The number of aryl methyl sites for hydroxylation is 1. The van der Waals surface area contributed by atoms with Crippen LogP contribution in [0.4, 0.5) is 0 Å². The standard InChI is InChI=1S/C19H15NO/c21-19-7-3-5-13-8-9-14(11-17(13)19)16-10-15-4-1-2-6-18(15)20-12-16/h1-2,4,6,8-12H,3,5,7H2. The molecule has 2 heteroatoms. The molecule has 0 spiro atoms. The van der Waals surface area contributed by atoms with Gasteiger partial charge in [-0.1, -0.05) is 30.3 Å². The van der Waals surface area contributed by atoms with Gasteiger partial charge in [0.15, 0.2) is 5.78 Å². The van der Waals surface area contributed by atoms with Gasteiger partial charge < -0.3 is 0 Å². The Morgan fingerprint density at radius 3 is 2.76 bits per heavy atom. The van der Waals surface area contributed by atoms with E-state index in [4.69, 9.17) is 0 Å². The van der Waals surface area contributed by atoms with Crippen molar-refractivity contribution in [3.8, 4) is 11.1 Å². The lowest BCUT2D eigenvalue weighted by molar-refractivity contribution is 0.0972. The molecule has 0 fully saturated rings. The van der Waals surface area contributed by atoms with Gasteiger partial charge in [-0.25, -0.2) is 0 Å². The zero-order valence-electron chi connectivity index (χ0n) is 11.7. The first-order valence-corrected chi connectivity index (χ1v) is 7.32. The Balaban J connectivity index is 1.84. The maximum absolute atomic E-state index is 12.1. The van der Waals surface area contributed by atoms with Crippen LogP contribution in [0.2, 0.25) is 0 Å². The van der Waals surface area contributed by atoms with E-state index in [9.17, 15) is 4.79 Å². The normalized spacial score (nSPS) is 14.2. The van der Waals surface area contributed by atoms with Crippen molar-refractivity contribution in [2.24, 2.45) is 0 Å². The predicted molar refractivity (Wildman–Crippen MR) is 84.4 cm³/mol. The number of carbonyl (C=O) groups excluding carboxylic acids is 1. The van der Waals surface area contributed by atoms with Crippen molar-refractivity contribution in [3.05, 3.63) is 65.9 Å². The third-order valence-corrected chi connectivity index (χ3v) is 4.18. The molecule has 4 rings (SSSR count). The average Bonchev–Trinajstić information content (AvgIpc) is 2.54. The molecule has 1 aliphatic carbocycles. The van der Waals surface area contributed by atoms with Crippen LogP contribution in [0.25, 0.3) is 22.0 Å². The van der Waals surface area contributed by atoms with Gasteiger partial charge in [-0.15, -0.1) is 0 Å². The van der Waals surface area contributed by atoms with Crippen LogP contribution in [-0.4, -0.2) is 10.8 Å². The second kappa shape index (κ2) is 4.81. The molecule has 102 valence electrons. The Kier molecular flexibility index (Phi) is 2.81. The van der Waals surface area contributed by atoms with Crippen LogP contribution in [0.5, 0.6) is 0 Å². The lowest BCUT2D eigenvalue weighted by Gasteiger charge is -2.15. The molecular weight excluding hydrogens is 258 g/mol. The van der Waals surface area contributed by atoms with E-state index in [0.717, 1.165) is 40.4 Å². The number of Topliss-reactive ketones (excluding diaryl/α,β-unsaturated/α-hetero) is 1. The fourth-order valence-corrected chi connectivity index (χ4v) is 3.04. The number of aromatic nitrogens is 1. The summed E-state index contributed by atoms with van der Waals surface area (Å²) in [6.07, 6.45) is 4.55. The van der Waals surface area contributed by atoms with Crippen molar-refractivity contribution in [1.29, 1.82) is 0 Å². The molecule has 0 saturated heterocycles. The molecule has 2 nitrogen and oxygen atoms in total. The summed E-state index contributed by atoms with van der Waals surface area (Å²) in [6, 6.07) is 16.4. The first-order valence-electron chi connectivity index (χ1n) is 7.32. The number of nitrogens with zero attached hydrogens (tertiary/aromatic N) is 1. The van der Waals surface area contributed by atoms with Crippen LogP contribution >= 0.6 is 0 Å². The number of carbonyl (C=O) groups is 1. The van der Waals surface area contributed by atoms with Gasteiger partial charge in [0.25, 0.3) is 0 Å². The van der Waals surface area contributed by atoms with Crippen molar-refractivity contribution >= 4 is 16.7 Å². The third kappa shape index (κ3) is 2.13. The molecule has 3 aromatic rings. The van der Waals surface area contributed by atoms with Crippen LogP contribution in [0.15, 0.2) is 54.7 Å². The fraction of sp³-hybridized carbons (Fsp3) is 0.158. The van der Waals surface area contributed by atoms with Gasteiger partial charge >= 0.3 is 0 Å². The Hall–Kier alpha value is -2.48. The Morgan fingerprint density at radius 1 is 0.905 bits per heavy atom. The van der Waals surface area contributed by atoms with Gasteiger partial charge in [0.1, 0.15) is 0 Å². The van der Waals surface area contributed by atoms with E-state index in [0.29, 0.717) is 6.42 Å². The summed E-state index contributed by atoms with van der Waals surface area (Å²) in [4.78, 5) is 16.6. The summed E-state index contributed by atoms with van der Waals surface area (Å²) < 4.78 is 0. The number of pyridine rings is 1. The van der Waals surface area contributed by atoms with Gasteiger partial charge in [0.2, 0.25) is 0 Å². The van der Waals surface area contributed by atoms with Gasteiger partial charge in [-0.2, -0.15) is 0 Å². The van der Waals surface area contributed by atoms with Crippen LogP contribution in [0, 0.1) is 0 Å². The van der Waals surface area contributed by atoms with Crippen molar-refractivity contribution in [1.82, 2.24) is 4.98 Å². The summed E-state index contributed by atoms with van der Waals surface area (Å²) in [7, 11) is 0. The predicted octanol–water partition coefficient (Wildman–Crippen LogP) is 4.42. The van der Waals surface area contributed by atoms with Crippen molar-refractivity contribution in [2.45, 2.75) is 19.3 Å². The molecule has 0 aliphatic heterocycles. The Bertz CT molecular complexity index is 851. The molecule has 0 atom stereocenters. The average molecular weight is 273 g/mol. The lowest BCUT2D eigenvalue weighted by atomic mass is 9.88. The second-order valence-corrected chi connectivity index (χ2v) is 5.57. The summed E-state index contributed by atoms with van der Waals surface area (Å²) in [5.74, 6) is 0.270. The molecular formula is C19H15NO. The van der Waals surface area contributed by atoms with E-state index in [1.54, 1.807) is 0 Å². The second-order valence-electron chi connectivity index (χ2n) is 5.57. The van der Waals surface area contributed by atoms with Gasteiger partial charge in [0.05, 0.1) is 5.52 Å². The highest BCUT2D eigenvalue weighted by Gasteiger charge is 2.17. The summed E-state index contributed by atoms with van der Waals surface area (Å²) >= 11 is 0. The lowest BCUT2D eigenvalue weighted by Crippen LogP contribution is -2.10. The summed E-state index contributed by atoms with van der Waals surface area (Å²) in [5.41, 5.74) is 5.21. The molecule has 0 unspecified atom stereocenters. The Morgan fingerprint density at radius 2 is 1.81 bits per heavy atom. The zero-order chi connectivity index (χ0) is 14.2. The number of fused-ring (bicyclic) bond motifs is 2. The SMILES string of the molecule is O=C1CCCc2ccc(-c3cnc4ccccc4c3)cc21. The van der Waals surface area contributed by atoms with Crippen molar-refractivity contribution < 1.29 is 4.79 Å². The Labute approximate surface area is 123 Å². The summed E-state index contributed by atoms with van der Waals surface area (Å²) in [5, 5.41) is 1.12. The molecule has 0 amide bonds. The maximum atomic E-state index is 12.1. The summed E-state index contributed by atoms with van der Waals surface area (Å²) in [6.45, 7) is 0. The maximum Gasteiger partial charge on any atom is 0.163 e. The van der Waals surface area contributed by atoms with E-state index < -0.39 is 0 Å². The minimum Gasteiger partial charge on any atom is -0.294 e. The quantitative estimate of drug-likeness (QED) is 0.657. The third-order valence-electron chi connectivity index (χ3n) is 4.18. The largest absolute Gasteiger partial charge is 0.294 e. The molecule has 1 heterocycles. The number of ketones is 1.